The first kappa shape index (κ1) is 16.1. The number of nitrogens with one attached hydrogen (secondary N) is 2. The van der Waals surface area contributed by atoms with Crippen LogP contribution in [0.3, 0.4) is 0 Å². The molecule has 0 saturated heterocycles. The zero-order valence-corrected chi connectivity index (χ0v) is 13.7. The molecule has 1 aromatic heterocycles. The number of methoxy groups -OCH3 is 2. The van der Waals surface area contributed by atoms with Gasteiger partial charge >= 0.3 is 5.69 Å². The number of hydrogen-bond acceptors (Lipinski definition) is 5. The van der Waals surface area contributed by atoms with Gasteiger partial charge < -0.3 is 14.8 Å². The first-order chi connectivity index (χ1) is 11.6. The summed E-state index contributed by atoms with van der Waals surface area (Å²) in [6, 6.07) is 5.07. The lowest BCUT2D eigenvalue weighted by Crippen LogP contribution is -2.35. The lowest BCUT2D eigenvalue weighted by Gasteiger charge is -2.17. The van der Waals surface area contributed by atoms with Crippen molar-refractivity contribution in [3.63, 3.8) is 0 Å². The van der Waals surface area contributed by atoms with E-state index in [0.29, 0.717) is 36.4 Å². The predicted octanol–water partition coefficient (Wildman–Crippen LogP) is 0.723. The number of rotatable bonds is 4. The molecule has 1 aliphatic rings. The van der Waals surface area contributed by atoms with E-state index >= 15 is 0 Å². The maximum atomic E-state index is 12.6. The maximum Gasteiger partial charge on any atom is 0.343 e. The van der Waals surface area contributed by atoms with Crippen molar-refractivity contribution in [2.75, 3.05) is 14.2 Å². The average molecular weight is 332 g/mol. The molecule has 0 saturated carbocycles. The van der Waals surface area contributed by atoms with Crippen LogP contribution in [0.4, 0.5) is 0 Å². The van der Waals surface area contributed by atoms with Crippen molar-refractivity contribution in [3.05, 3.63) is 40.1 Å². The van der Waals surface area contributed by atoms with Crippen molar-refractivity contribution in [2.45, 2.75) is 31.8 Å². The van der Waals surface area contributed by atoms with Crippen molar-refractivity contribution < 1.29 is 14.3 Å². The van der Waals surface area contributed by atoms with Crippen LogP contribution in [0, 0.1) is 0 Å². The minimum Gasteiger partial charge on any atom is -0.497 e. The van der Waals surface area contributed by atoms with Gasteiger partial charge in [-0.2, -0.15) is 5.10 Å². The number of aromatic amines is 1. The largest absolute Gasteiger partial charge is 0.497 e. The topological polar surface area (TPSA) is 98.2 Å². The minimum atomic E-state index is -0.218. The second-order valence-electron chi connectivity index (χ2n) is 5.66. The molecule has 8 nitrogen and oxygen atoms in total. The molecule has 0 fully saturated rings. The molecular weight excluding hydrogens is 312 g/mol. The Morgan fingerprint density at radius 3 is 2.92 bits per heavy atom. The Hall–Kier alpha value is -2.77. The normalized spacial score (nSPS) is 16.8. The molecule has 0 aliphatic carbocycles. The van der Waals surface area contributed by atoms with Crippen LogP contribution in [0.5, 0.6) is 11.5 Å². The van der Waals surface area contributed by atoms with Crippen molar-refractivity contribution in [1.82, 2.24) is 20.1 Å². The summed E-state index contributed by atoms with van der Waals surface area (Å²) in [6.45, 7) is 0.533. The lowest BCUT2D eigenvalue weighted by molar-refractivity contribution is 0.0929. The monoisotopic (exact) mass is 332 g/mol. The fourth-order valence-corrected chi connectivity index (χ4v) is 2.90. The van der Waals surface area contributed by atoms with Crippen molar-refractivity contribution >= 4 is 5.91 Å². The summed E-state index contributed by atoms with van der Waals surface area (Å²) in [7, 11) is 3.07. The standard InChI is InChI=1S/C16H20N4O4/c1-23-11-4-5-13(24-2)12(9-11)15(21)17-10-3-6-14-18-19-16(22)20(14)8-7-10/h4-5,9-10H,3,6-8H2,1-2H3,(H,17,21)(H,19,22). The highest BCUT2D eigenvalue weighted by atomic mass is 16.5. The third-order valence-electron chi connectivity index (χ3n) is 4.24. The number of H-pyrrole nitrogens is 1. The summed E-state index contributed by atoms with van der Waals surface area (Å²) in [6.07, 6.45) is 2.03. The van der Waals surface area contributed by atoms with Gasteiger partial charge in [-0.25, -0.2) is 9.89 Å². The van der Waals surface area contributed by atoms with Gasteiger partial charge in [-0.1, -0.05) is 0 Å². The second kappa shape index (κ2) is 6.77. The molecule has 1 aromatic carbocycles. The highest BCUT2D eigenvalue weighted by molar-refractivity contribution is 5.97. The SMILES string of the molecule is COc1ccc(OC)c(C(=O)NC2CCc3n[nH]c(=O)n3CC2)c1. The number of hydrogen-bond donors (Lipinski definition) is 2. The quantitative estimate of drug-likeness (QED) is 0.860. The molecule has 2 N–H and O–H groups in total. The predicted molar refractivity (Wildman–Crippen MR) is 86.6 cm³/mol. The highest BCUT2D eigenvalue weighted by Gasteiger charge is 2.22. The smallest absolute Gasteiger partial charge is 0.343 e. The number of aryl methyl sites for hydroxylation is 1. The Morgan fingerprint density at radius 2 is 2.17 bits per heavy atom. The number of fused-ring (bicyclic) bond motifs is 1. The highest BCUT2D eigenvalue weighted by Crippen LogP contribution is 2.24. The lowest BCUT2D eigenvalue weighted by atomic mass is 10.1. The summed E-state index contributed by atoms with van der Waals surface area (Å²) in [4.78, 5) is 24.3. The van der Waals surface area contributed by atoms with Crippen LogP contribution in [-0.2, 0) is 13.0 Å². The summed E-state index contributed by atoms with van der Waals surface area (Å²) >= 11 is 0. The van der Waals surface area contributed by atoms with E-state index < -0.39 is 0 Å². The zero-order valence-electron chi connectivity index (χ0n) is 13.7. The minimum absolute atomic E-state index is 0.0329. The Bertz CT molecular complexity index is 796. The number of nitrogens with zero attached hydrogens (tertiary/aromatic N) is 2. The first-order valence-corrected chi connectivity index (χ1v) is 7.79. The van der Waals surface area contributed by atoms with E-state index in [4.69, 9.17) is 9.47 Å². The molecule has 128 valence electrons. The van der Waals surface area contributed by atoms with Crippen molar-refractivity contribution in [1.29, 1.82) is 0 Å². The van der Waals surface area contributed by atoms with E-state index in [9.17, 15) is 9.59 Å². The van der Waals surface area contributed by atoms with E-state index in [2.05, 4.69) is 15.5 Å². The number of benzene rings is 1. The van der Waals surface area contributed by atoms with E-state index in [0.717, 1.165) is 12.2 Å². The molecule has 2 aromatic rings. The molecule has 3 rings (SSSR count). The van der Waals surface area contributed by atoms with Gasteiger partial charge in [0.2, 0.25) is 0 Å². The molecule has 2 heterocycles. The fraction of sp³-hybridized carbons (Fsp3) is 0.438. The Morgan fingerprint density at radius 1 is 1.33 bits per heavy atom. The summed E-state index contributed by atoms with van der Waals surface area (Å²) < 4.78 is 12.1. The number of amides is 1. The van der Waals surface area contributed by atoms with Crippen LogP contribution in [-0.4, -0.2) is 40.9 Å². The molecule has 1 unspecified atom stereocenters. The zero-order chi connectivity index (χ0) is 17.1. The molecule has 0 spiro atoms. The molecule has 1 amide bonds. The van der Waals surface area contributed by atoms with Gasteiger partial charge in [-0.15, -0.1) is 0 Å². The maximum absolute atomic E-state index is 12.6. The number of aromatic nitrogens is 3. The molecule has 0 bridgehead atoms. The first-order valence-electron chi connectivity index (χ1n) is 7.79. The van der Waals surface area contributed by atoms with Gasteiger partial charge in [0.15, 0.2) is 0 Å². The second-order valence-corrected chi connectivity index (χ2v) is 5.66. The van der Waals surface area contributed by atoms with Gasteiger partial charge in [0.25, 0.3) is 5.91 Å². The van der Waals surface area contributed by atoms with Gasteiger partial charge in [0.05, 0.1) is 19.8 Å². The molecule has 0 radical (unpaired) electrons. The van der Waals surface area contributed by atoms with Gasteiger partial charge in [-0.05, 0) is 31.0 Å². The van der Waals surface area contributed by atoms with Gasteiger partial charge in [0.1, 0.15) is 17.3 Å². The van der Waals surface area contributed by atoms with Gasteiger partial charge in [-0.3, -0.25) is 9.36 Å². The van der Waals surface area contributed by atoms with Crippen LogP contribution >= 0.6 is 0 Å². The van der Waals surface area contributed by atoms with E-state index in [1.54, 1.807) is 29.9 Å². The summed E-state index contributed by atoms with van der Waals surface area (Å²) in [5.41, 5.74) is 0.225. The Balaban J connectivity index is 1.72. The molecule has 1 aliphatic heterocycles. The van der Waals surface area contributed by atoms with Crippen molar-refractivity contribution in [2.24, 2.45) is 0 Å². The van der Waals surface area contributed by atoms with Crippen LogP contribution in [0.15, 0.2) is 23.0 Å². The summed E-state index contributed by atoms with van der Waals surface area (Å²) in [5, 5.41) is 9.49. The van der Waals surface area contributed by atoms with Gasteiger partial charge in [0, 0.05) is 19.0 Å². The molecule has 1 atom stereocenters. The van der Waals surface area contributed by atoms with E-state index in [1.165, 1.54) is 7.11 Å². The Labute approximate surface area is 138 Å². The number of carbonyl (C=O) groups is 1. The third-order valence-corrected chi connectivity index (χ3v) is 4.24. The number of ether oxygens (including phenoxy) is 2. The molecule has 8 heteroatoms. The van der Waals surface area contributed by atoms with Crippen LogP contribution < -0.4 is 20.5 Å². The third kappa shape index (κ3) is 3.12. The summed E-state index contributed by atoms with van der Waals surface area (Å²) in [5.74, 6) is 1.60. The van der Waals surface area contributed by atoms with E-state index in [1.807, 2.05) is 0 Å². The van der Waals surface area contributed by atoms with Crippen LogP contribution in [0.1, 0.15) is 29.0 Å². The molecule has 24 heavy (non-hydrogen) atoms. The number of carbonyl (C=O) groups excluding carboxylic acids is 1. The fourth-order valence-electron chi connectivity index (χ4n) is 2.90. The van der Waals surface area contributed by atoms with Crippen LogP contribution in [0.2, 0.25) is 0 Å². The van der Waals surface area contributed by atoms with Crippen molar-refractivity contribution in [3.8, 4) is 11.5 Å². The Kier molecular flexibility index (Phi) is 4.54. The molecular formula is C16H20N4O4. The average Bonchev–Trinajstić information content (AvgIpc) is 2.83. The van der Waals surface area contributed by atoms with Crippen LogP contribution in [0.25, 0.3) is 0 Å². The van der Waals surface area contributed by atoms with E-state index in [-0.39, 0.29) is 17.6 Å².